The molecule has 0 heterocycles. The van der Waals surface area contributed by atoms with Crippen LogP contribution in [0.25, 0.3) is 16.8 Å². The van der Waals surface area contributed by atoms with Crippen LogP contribution in [0.3, 0.4) is 0 Å². The van der Waals surface area contributed by atoms with Gasteiger partial charge in [0.05, 0.1) is 0 Å². The highest BCUT2D eigenvalue weighted by Gasteiger charge is 2.15. The second-order valence-electron chi connectivity index (χ2n) is 8.07. The number of fused-ring (bicyclic) bond motifs is 1. The van der Waals surface area contributed by atoms with Gasteiger partial charge in [-0.15, -0.1) is 0 Å². The van der Waals surface area contributed by atoms with Crippen molar-refractivity contribution in [1.82, 2.24) is 0 Å². The molecule has 4 aromatic rings. The first-order valence-electron chi connectivity index (χ1n) is 10.7. The lowest BCUT2D eigenvalue weighted by molar-refractivity contribution is -0.112. The van der Waals surface area contributed by atoms with E-state index in [0.29, 0.717) is 17.7 Å². The monoisotopic (exact) mass is 434 g/mol. The molecule has 1 N–H and O–H groups in total. The summed E-state index contributed by atoms with van der Waals surface area (Å²) in [5.74, 6) is -0.761. The zero-order valence-corrected chi connectivity index (χ0v) is 18.5. The van der Waals surface area contributed by atoms with Crippen LogP contribution in [0, 0.1) is 31.0 Å². The molecule has 3 nitrogen and oxygen atoms in total. The number of anilines is 1. The Labute approximate surface area is 192 Å². The quantitative estimate of drug-likeness (QED) is 0.280. The van der Waals surface area contributed by atoms with Crippen LogP contribution in [0.2, 0.25) is 0 Å². The van der Waals surface area contributed by atoms with Gasteiger partial charge in [-0.3, -0.25) is 4.79 Å². The van der Waals surface area contributed by atoms with E-state index < -0.39 is 5.91 Å². The number of aryl methyl sites for hydroxylation is 2. The maximum Gasteiger partial charge on any atom is 0.266 e. The van der Waals surface area contributed by atoms with Crippen LogP contribution < -0.4 is 5.32 Å². The summed E-state index contributed by atoms with van der Waals surface area (Å²) >= 11 is 0. The summed E-state index contributed by atoms with van der Waals surface area (Å²) in [6, 6.07) is 26.1. The van der Waals surface area contributed by atoms with Gasteiger partial charge in [0.25, 0.3) is 5.91 Å². The van der Waals surface area contributed by atoms with Gasteiger partial charge < -0.3 is 5.32 Å². The Kier molecular flexibility index (Phi) is 6.33. The first-order chi connectivity index (χ1) is 16.0. The molecule has 0 aromatic heterocycles. The lowest BCUT2D eigenvalue weighted by atomic mass is 9.93. The predicted octanol–water partition coefficient (Wildman–Crippen LogP) is 6.73. The van der Waals surface area contributed by atoms with Gasteiger partial charge in [-0.1, -0.05) is 72.3 Å². The molecule has 1 amide bonds. The van der Waals surface area contributed by atoms with Crippen LogP contribution in [0.1, 0.15) is 27.8 Å². The van der Waals surface area contributed by atoms with Gasteiger partial charge >= 0.3 is 0 Å². The maximum absolute atomic E-state index is 14.4. The van der Waals surface area contributed by atoms with Gasteiger partial charge in [0.1, 0.15) is 17.5 Å². The first-order valence-corrected chi connectivity index (χ1v) is 10.7. The minimum Gasteiger partial charge on any atom is -0.321 e. The van der Waals surface area contributed by atoms with Crippen molar-refractivity contribution < 1.29 is 9.18 Å². The molecular formula is C29H23FN2O. The van der Waals surface area contributed by atoms with E-state index in [2.05, 4.69) is 5.32 Å². The molecule has 0 saturated carbocycles. The van der Waals surface area contributed by atoms with Gasteiger partial charge in [0.15, 0.2) is 0 Å². The molecule has 0 aliphatic heterocycles. The Morgan fingerprint density at radius 1 is 0.970 bits per heavy atom. The fraction of sp³-hybridized carbons (Fsp3) is 0.103. The number of halogens is 1. The molecule has 4 aromatic carbocycles. The molecule has 0 unspecified atom stereocenters. The zero-order valence-electron chi connectivity index (χ0n) is 18.5. The van der Waals surface area contributed by atoms with Crippen LogP contribution in [0.5, 0.6) is 0 Å². The number of nitrogens with one attached hydrogen (secondary N) is 1. The molecule has 0 fully saturated rings. The Bertz CT molecular complexity index is 1430. The topological polar surface area (TPSA) is 52.9 Å². The van der Waals surface area contributed by atoms with E-state index in [1.807, 2.05) is 74.5 Å². The lowest BCUT2D eigenvalue weighted by Gasteiger charge is -2.13. The number of carbonyl (C=O) groups excluding carboxylic acids is 1. The van der Waals surface area contributed by atoms with Crippen LogP contribution in [-0.2, 0) is 11.2 Å². The highest BCUT2D eigenvalue weighted by atomic mass is 19.1. The van der Waals surface area contributed by atoms with E-state index in [1.165, 1.54) is 6.07 Å². The smallest absolute Gasteiger partial charge is 0.266 e. The molecule has 33 heavy (non-hydrogen) atoms. The largest absolute Gasteiger partial charge is 0.321 e. The third kappa shape index (κ3) is 4.83. The second-order valence-corrected chi connectivity index (χ2v) is 8.07. The standard InChI is InChI=1S/C29H23FN2O/c1-19-11-14-28(20(2)15-19)32-29(33)24(18-31)17-26-22(16-23-8-4-6-10-27(23)30)13-12-21-7-3-5-9-25(21)26/h3-15,17H,16H2,1-2H3,(H,32,33)/b24-17+. The molecule has 0 aliphatic rings. The highest BCUT2D eigenvalue weighted by molar-refractivity contribution is 6.11. The van der Waals surface area contributed by atoms with Crippen LogP contribution in [0.15, 0.2) is 84.4 Å². The number of nitriles is 1. The van der Waals surface area contributed by atoms with Crippen molar-refractivity contribution in [2.45, 2.75) is 20.3 Å². The Morgan fingerprint density at radius 2 is 1.73 bits per heavy atom. The number of amides is 1. The van der Waals surface area contributed by atoms with E-state index >= 15 is 0 Å². The fourth-order valence-corrected chi connectivity index (χ4v) is 3.95. The minimum atomic E-state index is -0.478. The molecule has 0 spiro atoms. The average molecular weight is 435 g/mol. The normalized spacial score (nSPS) is 11.3. The van der Waals surface area contributed by atoms with E-state index in [0.717, 1.165) is 33.0 Å². The van der Waals surface area contributed by atoms with Crippen LogP contribution >= 0.6 is 0 Å². The van der Waals surface area contributed by atoms with Gasteiger partial charge in [0, 0.05) is 12.1 Å². The second kappa shape index (κ2) is 9.50. The summed E-state index contributed by atoms with van der Waals surface area (Å²) in [6.45, 7) is 3.90. The lowest BCUT2D eigenvalue weighted by Crippen LogP contribution is -2.14. The SMILES string of the molecule is Cc1ccc(NC(=O)/C(C#N)=C/c2c(Cc3ccccc3F)ccc3ccccc23)c(C)c1. The molecule has 4 heteroatoms. The first kappa shape index (κ1) is 22.0. The summed E-state index contributed by atoms with van der Waals surface area (Å²) in [6.07, 6.45) is 1.96. The maximum atomic E-state index is 14.4. The number of nitrogens with zero attached hydrogens (tertiary/aromatic N) is 1. The third-order valence-electron chi connectivity index (χ3n) is 5.68. The van der Waals surface area contributed by atoms with Crippen molar-refractivity contribution in [3.05, 3.63) is 118 Å². The molecule has 0 atom stereocenters. The van der Waals surface area contributed by atoms with E-state index in [-0.39, 0.29) is 11.4 Å². The van der Waals surface area contributed by atoms with E-state index in [4.69, 9.17) is 0 Å². The summed E-state index contributed by atoms with van der Waals surface area (Å²) in [7, 11) is 0. The number of carbonyl (C=O) groups is 1. The van der Waals surface area contributed by atoms with Gasteiger partial charge in [-0.05, 0) is 65.1 Å². The third-order valence-corrected chi connectivity index (χ3v) is 5.68. The van der Waals surface area contributed by atoms with E-state index in [9.17, 15) is 14.4 Å². The van der Waals surface area contributed by atoms with Crippen molar-refractivity contribution in [2.75, 3.05) is 5.32 Å². The number of benzene rings is 4. The van der Waals surface area contributed by atoms with Crippen molar-refractivity contribution in [3.8, 4) is 6.07 Å². The van der Waals surface area contributed by atoms with E-state index in [1.54, 1.807) is 24.3 Å². The predicted molar refractivity (Wildman–Crippen MR) is 131 cm³/mol. The summed E-state index contributed by atoms with van der Waals surface area (Å²) < 4.78 is 14.4. The zero-order chi connectivity index (χ0) is 23.4. The van der Waals surface area contributed by atoms with Gasteiger partial charge in [-0.25, -0.2) is 4.39 Å². The highest BCUT2D eigenvalue weighted by Crippen LogP contribution is 2.28. The summed E-state index contributed by atoms with van der Waals surface area (Å²) in [5, 5.41) is 14.5. The van der Waals surface area contributed by atoms with Crippen molar-refractivity contribution in [2.24, 2.45) is 0 Å². The molecule has 0 saturated heterocycles. The molecule has 4 rings (SSSR count). The van der Waals surface area contributed by atoms with Crippen LogP contribution in [0.4, 0.5) is 10.1 Å². The molecule has 0 aliphatic carbocycles. The molecular weight excluding hydrogens is 411 g/mol. The number of rotatable bonds is 5. The average Bonchev–Trinajstić information content (AvgIpc) is 2.81. The Hall–Kier alpha value is -4.23. The van der Waals surface area contributed by atoms with Crippen LogP contribution in [-0.4, -0.2) is 5.91 Å². The molecule has 162 valence electrons. The summed E-state index contributed by atoms with van der Waals surface area (Å²) in [5.41, 5.74) is 4.80. The van der Waals surface area contributed by atoms with Crippen molar-refractivity contribution in [1.29, 1.82) is 5.26 Å². The fourth-order valence-electron chi connectivity index (χ4n) is 3.95. The van der Waals surface area contributed by atoms with Crippen molar-refractivity contribution in [3.63, 3.8) is 0 Å². The number of hydrogen-bond donors (Lipinski definition) is 1. The summed E-state index contributed by atoms with van der Waals surface area (Å²) in [4.78, 5) is 13.0. The number of hydrogen-bond acceptors (Lipinski definition) is 2. The Balaban J connectivity index is 1.78. The van der Waals surface area contributed by atoms with Crippen molar-refractivity contribution >= 4 is 28.4 Å². The minimum absolute atomic E-state index is 0.0129. The van der Waals surface area contributed by atoms with Gasteiger partial charge in [0.2, 0.25) is 0 Å². The van der Waals surface area contributed by atoms with Gasteiger partial charge in [-0.2, -0.15) is 5.26 Å². The molecule has 0 bridgehead atoms. The Morgan fingerprint density at radius 3 is 2.48 bits per heavy atom. The molecule has 0 radical (unpaired) electrons.